The van der Waals surface area contributed by atoms with Crippen LogP contribution in [0.2, 0.25) is 0 Å². The van der Waals surface area contributed by atoms with E-state index in [9.17, 15) is 9.90 Å². The van der Waals surface area contributed by atoms with Crippen molar-refractivity contribution in [3.63, 3.8) is 0 Å². The van der Waals surface area contributed by atoms with Crippen molar-refractivity contribution in [2.75, 3.05) is 13.2 Å². The number of benzene rings is 3. The van der Waals surface area contributed by atoms with Crippen LogP contribution in [0.5, 0.6) is 5.75 Å². The fourth-order valence-corrected chi connectivity index (χ4v) is 3.63. The van der Waals surface area contributed by atoms with E-state index in [4.69, 9.17) is 9.47 Å². The predicted octanol–water partition coefficient (Wildman–Crippen LogP) is 5.30. The maximum atomic E-state index is 11.6. The molecule has 0 radical (unpaired) electrons. The third-order valence-electron chi connectivity index (χ3n) is 5.10. The van der Waals surface area contributed by atoms with E-state index in [1.165, 1.54) is 11.1 Å². The quantitative estimate of drug-likeness (QED) is 0.555. The van der Waals surface area contributed by atoms with Crippen LogP contribution in [0, 0.1) is 6.92 Å². The van der Waals surface area contributed by atoms with Gasteiger partial charge in [-0.25, -0.2) is 4.79 Å². The molecule has 3 aromatic carbocycles. The molecule has 3 aromatic rings. The van der Waals surface area contributed by atoms with E-state index >= 15 is 0 Å². The number of carbonyl (C=O) groups is 1. The largest absolute Gasteiger partial charge is 0.481 e. The number of aliphatic hydroxyl groups excluding tert-OH is 1. The van der Waals surface area contributed by atoms with Crippen LogP contribution in [0.25, 0.3) is 10.8 Å². The molecule has 0 saturated carbocycles. The molecule has 0 aliphatic heterocycles. The summed E-state index contributed by atoms with van der Waals surface area (Å²) in [4.78, 5) is 11.6. The molecule has 0 bridgehead atoms. The molecule has 0 aliphatic carbocycles. The normalized spacial score (nSPS) is 12.2. The molecule has 4 heteroatoms. The van der Waals surface area contributed by atoms with Crippen LogP contribution in [0.3, 0.4) is 0 Å². The smallest absolute Gasteiger partial charge is 0.344 e. The monoisotopic (exact) mass is 392 g/mol. The fraction of sp³-hybridized carbons (Fsp3) is 0.320. The molecule has 1 unspecified atom stereocenters. The van der Waals surface area contributed by atoms with Crippen LogP contribution >= 0.6 is 0 Å². The average Bonchev–Trinajstić information content (AvgIpc) is 2.72. The molecule has 29 heavy (non-hydrogen) atoms. The van der Waals surface area contributed by atoms with Gasteiger partial charge in [0.1, 0.15) is 11.9 Å². The molecule has 0 saturated heterocycles. The third-order valence-corrected chi connectivity index (χ3v) is 5.10. The molecule has 152 valence electrons. The van der Waals surface area contributed by atoms with Crippen LogP contribution in [-0.4, -0.2) is 24.3 Å². The zero-order valence-electron chi connectivity index (χ0n) is 17.4. The fourth-order valence-electron chi connectivity index (χ4n) is 3.63. The summed E-state index contributed by atoms with van der Waals surface area (Å²) in [7, 11) is 0. The van der Waals surface area contributed by atoms with E-state index in [1.54, 1.807) is 13.0 Å². The standard InChI is InChI=1S/C25H28O4/c1-5-28-24(26)15-29-23-13-12-21(19-8-6-7-9-20(19)23)25(27)18-11-10-17(4)22(14-18)16(2)3/h6-14,16,25,27H,5,15H2,1-4H3. The van der Waals surface area contributed by atoms with E-state index < -0.39 is 12.1 Å². The Morgan fingerprint density at radius 1 is 1.00 bits per heavy atom. The van der Waals surface area contributed by atoms with Crippen molar-refractivity contribution in [1.82, 2.24) is 0 Å². The summed E-state index contributed by atoms with van der Waals surface area (Å²) < 4.78 is 10.6. The lowest BCUT2D eigenvalue weighted by molar-refractivity contribution is -0.145. The highest BCUT2D eigenvalue weighted by atomic mass is 16.6. The molecular formula is C25H28O4. The highest BCUT2D eigenvalue weighted by molar-refractivity contribution is 5.92. The first-order valence-electron chi connectivity index (χ1n) is 10.0. The Hall–Kier alpha value is -2.85. The van der Waals surface area contributed by atoms with E-state index in [-0.39, 0.29) is 6.61 Å². The lowest BCUT2D eigenvalue weighted by Gasteiger charge is -2.19. The predicted molar refractivity (Wildman–Crippen MR) is 115 cm³/mol. The second-order valence-corrected chi connectivity index (χ2v) is 7.47. The lowest BCUT2D eigenvalue weighted by Crippen LogP contribution is -2.14. The minimum absolute atomic E-state index is 0.143. The molecule has 0 spiro atoms. The molecule has 1 atom stereocenters. The van der Waals surface area contributed by atoms with Crippen molar-refractivity contribution in [1.29, 1.82) is 0 Å². The summed E-state index contributed by atoms with van der Waals surface area (Å²) in [5.41, 5.74) is 4.14. The zero-order valence-corrected chi connectivity index (χ0v) is 17.4. The number of fused-ring (bicyclic) bond motifs is 1. The van der Waals surface area contributed by atoms with Crippen LogP contribution in [0.4, 0.5) is 0 Å². The number of ether oxygens (including phenoxy) is 2. The van der Waals surface area contributed by atoms with Gasteiger partial charge in [-0.2, -0.15) is 0 Å². The van der Waals surface area contributed by atoms with E-state index in [0.717, 1.165) is 21.9 Å². The number of carbonyl (C=O) groups excluding carboxylic acids is 1. The highest BCUT2D eigenvalue weighted by Crippen LogP contribution is 2.35. The highest BCUT2D eigenvalue weighted by Gasteiger charge is 2.18. The molecule has 4 nitrogen and oxygen atoms in total. The number of hydrogen-bond acceptors (Lipinski definition) is 4. The molecule has 0 fully saturated rings. The number of rotatable bonds is 7. The number of aryl methyl sites for hydroxylation is 1. The maximum Gasteiger partial charge on any atom is 0.344 e. The van der Waals surface area contributed by atoms with Crippen molar-refractivity contribution >= 4 is 16.7 Å². The Morgan fingerprint density at radius 2 is 1.72 bits per heavy atom. The second kappa shape index (κ2) is 9.10. The van der Waals surface area contributed by atoms with Gasteiger partial charge in [0.05, 0.1) is 6.61 Å². The van der Waals surface area contributed by atoms with Crippen molar-refractivity contribution < 1.29 is 19.4 Å². The number of hydrogen-bond donors (Lipinski definition) is 1. The Bertz CT molecular complexity index is 1010. The topological polar surface area (TPSA) is 55.8 Å². The Morgan fingerprint density at radius 3 is 2.41 bits per heavy atom. The van der Waals surface area contributed by atoms with Crippen LogP contribution in [0.15, 0.2) is 54.6 Å². The summed E-state index contributed by atoms with van der Waals surface area (Å²) >= 11 is 0. The second-order valence-electron chi connectivity index (χ2n) is 7.47. The Labute approximate surface area is 172 Å². The van der Waals surface area contributed by atoms with Crippen LogP contribution in [-0.2, 0) is 9.53 Å². The SMILES string of the molecule is CCOC(=O)COc1ccc(C(O)c2ccc(C)c(C(C)C)c2)c2ccccc12. The molecule has 1 N–H and O–H groups in total. The van der Waals surface area contributed by atoms with E-state index in [2.05, 4.69) is 32.9 Å². The summed E-state index contributed by atoms with van der Waals surface area (Å²) in [6.07, 6.45) is -0.753. The zero-order chi connectivity index (χ0) is 21.0. The first-order chi connectivity index (χ1) is 13.9. The van der Waals surface area contributed by atoms with Gasteiger partial charge in [0, 0.05) is 5.39 Å². The van der Waals surface area contributed by atoms with Gasteiger partial charge >= 0.3 is 5.97 Å². The molecule has 3 rings (SSSR count). The van der Waals surface area contributed by atoms with Gasteiger partial charge < -0.3 is 14.6 Å². The number of esters is 1. The molecule has 0 amide bonds. The Balaban J connectivity index is 1.97. The summed E-state index contributed by atoms with van der Waals surface area (Å²) in [6, 6.07) is 17.5. The summed E-state index contributed by atoms with van der Waals surface area (Å²) in [5.74, 6) is 0.579. The van der Waals surface area contributed by atoms with Crippen LogP contribution < -0.4 is 4.74 Å². The van der Waals surface area contributed by atoms with Gasteiger partial charge in [-0.3, -0.25) is 0 Å². The number of aliphatic hydroxyl groups is 1. The first-order valence-corrected chi connectivity index (χ1v) is 10.0. The average molecular weight is 392 g/mol. The third kappa shape index (κ3) is 4.60. The van der Waals surface area contributed by atoms with Gasteiger partial charge in [-0.1, -0.05) is 62.4 Å². The first kappa shape index (κ1) is 20.9. The van der Waals surface area contributed by atoms with Crippen molar-refractivity contribution in [2.45, 2.75) is 39.7 Å². The minimum Gasteiger partial charge on any atom is -0.481 e. The van der Waals surface area contributed by atoms with Gasteiger partial charge in [0.2, 0.25) is 0 Å². The van der Waals surface area contributed by atoms with Crippen molar-refractivity contribution in [2.24, 2.45) is 0 Å². The van der Waals surface area contributed by atoms with Gasteiger partial charge in [-0.15, -0.1) is 0 Å². The molecule has 0 aliphatic rings. The van der Waals surface area contributed by atoms with Gasteiger partial charge in [0.15, 0.2) is 6.61 Å². The van der Waals surface area contributed by atoms with Crippen LogP contribution in [0.1, 0.15) is 55.0 Å². The van der Waals surface area contributed by atoms with Gasteiger partial charge in [-0.05, 0) is 53.5 Å². The lowest BCUT2D eigenvalue weighted by atomic mass is 9.90. The van der Waals surface area contributed by atoms with Crippen molar-refractivity contribution in [3.8, 4) is 5.75 Å². The van der Waals surface area contributed by atoms with Crippen molar-refractivity contribution in [3.05, 3.63) is 76.9 Å². The van der Waals surface area contributed by atoms with Gasteiger partial charge in [0.25, 0.3) is 0 Å². The van der Waals surface area contributed by atoms with E-state index in [0.29, 0.717) is 18.3 Å². The summed E-state index contributed by atoms with van der Waals surface area (Å²) in [5, 5.41) is 12.9. The molecule has 0 aromatic heterocycles. The van der Waals surface area contributed by atoms with E-state index in [1.807, 2.05) is 36.4 Å². The maximum absolute atomic E-state index is 11.6. The summed E-state index contributed by atoms with van der Waals surface area (Å²) in [6.45, 7) is 8.35. The minimum atomic E-state index is -0.753. The molecular weight excluding hydrogens is 364 g/mol. The Kier molecular flexibility index (Phi) is 6.55. The molecule has 0 heterocycles.